The number of hydrogen-bond donors (Lipinski definition) is 1. The molecule has 3 atom stereocenters. The van der Waals surface area contributed by atoms with E-state index in [2.05, 4.69) is 38.2 Å². The molecule has 3 unspecified atom stereocenters. The predicted octanol–water partition coefficient (Wildman–Crippen LogP) is 17.5. The minimum atomic E-state index is -4.69. The number of phosphoric ester groups is 1. The number of carbonyl (C=O) groups is 2. The Morgan fingerprint density at radius 1 is 0.486 bits per heavy atom. The lowest BCUT2D eigenvalue weighted by atomic mass is 10.0. The summed E-state index contributed by atoms with van der Waals surface area (Å²) in [6.45, 7) is 6.86. The van der Waals surface area contributed by atoms with E-state index < -0.39 is 20.0 Å². The Morgan fingerprint density at radius 3 is 1.21 bits per heavy atom. The summed E-state index contributed by atoms with van der Waals surface area (Å²) < 4.78 is 30.2. The van der Waals surface area contributed by atoms with Gasteiger partial charge in [0.15, 0.2) is 0 Å². The van der Waals surface area contributed by atoms with E-state index in [1.54, 1.807) is 0 Å². The van der Waals surface area contributed by atoms with Crippen molar-refractivity contribution in [2.45, 2.75) is 309 Å². The van der Waals surface area contributed by atoms with Crippen LogP contribution in [0.25, 0.3) is 0 Å². The van der Waals surface area contributed by atoms with E-state index in [1.807, 2.05) is 33.3 Å². The number of nitrogens with zero attached hydrogens (tertiary/aromatic N) is 1. The summed E-state index contributed by atoms with van der Waals surface area (Å²) in [6.07, 6.45) is 58.6. The lowest BCUT2D eigenvalue weighted by Crippen LogP contribution is -2.47. The molecular formula is C60H117N2O7P. The Balaban J connectivity index is 5.17. The SMILES string of the molecule is CCCCCCCC/C=C/CCCCCCCCCCCCCC(=O)OC(/C=C/CCCCCCCCCCCC)C(COP(=O)([O-])OCC[N+](C)(C)C)NC(=O)CCCCCCCCCCCCC. The fourth-order valence-electron chi connectivity index (χ4n) is 8.93. The summed E-state index contributed by atoms with van der Waals surface area (Å²) >= 11 is 0. The Morgan fingerprint density at radius 2 is 0.829 bits per heavy atom. The molecule has 0 saturated carbocycles. The summed E-state index contributed by atoms with van der Waals surface area (Å²) in [5.74, 6) is -0.530. The summed E-state index contributed by atoms with van der Waals surface area (Å²) in [7, 11) is 1.20. The number of quaternary nitrogens is 1. The van der Waals surface area contributed by atoms with Gasteiger partial charge in [-0.25, -0.2) is 0 Å². The van der Waals surface area contributed by atoms with E-state index in [0.29, 0.717) is 17.4 Å². The van der Waals surface area contributed by atoms with Crippen LogP contribution in [0.5, 0.6) is 0 Å². The van der Waals surface area contributed by atoms with Crippen LogP contribution in [0, 0.1) is 0 Å². The zero-order valence-electron chi connectivity index (χ0n) is 47.2. The van der Waals surface area contributed by atoms with E-state index in [-0.39, 0.29) is 31.5 Å². The third-order valence-corrected chi connectivity index (χ3v) is 14.6. The first-order valence-corrected chi connectivity index (χ1v) is 31.6. The van der Waals surface area contributed by atoms with Crippen LogP contribution < -0.4 is 10.2 Å². The van der Waals surface area contributed by atoms with Crippen molar-refractivity contribution in [1.29, 1.82) is 0 Å². The number of carbonyl (C=O) groups excluding carboxylic acids is 2. The minimum absolute atomic E-state index is 0.0188. The lowest BCUT2D eigenvalue weighted by Gasteiger charge is -2.30. The molecule has 0 aromatic carbocycles. The third kappa shape index (κ3) is 51.4. The van der Waals surface area contributed by atoms with E-state index in [4.69, 9.17) is 13.8 Å². The van der Waals surface area contributed by atoms with Crippen molar-refractivity contribution in [1.82, 2.24) is 5.32 Å². The summed E-state index contributed by atoms with van der Waals surface area (Å²) in [5.41, 5.74) is 0. The summed E-state index contributed by atoms with van der Waals surface area (Å²) in [4.78, 5) is 39.8. The van der Waals surface area contributed by atoms with E-state index in [0.717, 1.165) is 57.8 Å². The van der Waals surface area contributed by atoms with E-state index in [1.165, 1.54) is 205 Å². The maximum atomic E-state index is 13.4. The molecule has 414 valence electrons. The predicted molar refractivity (Wildman–Crippen MR) is 298 cm³/mol. The van der Waals surface area contributed by atoms with Gasteiger partial charge in [-0.05, 0) is 57.4 Å². The molecular weight excluding hydrogens is 892 g/mol. The van der Waals surface area contributed by atoms with Crippen LogP contribution in [0.4, 0.5) is 0 Å². The molecule has 0 spiro atoms. The minimum Gasteiger partial charge on any atom is -0.756 e. The van der Waals surface area contributed by atoms with Crippen LogP contribution in [-0.2, 0) is 27.9 Å². The molecule has 0 aliphatic rings. The first kappa shape index (κ1) is 68.5. The number of unbranched alkanes of at least 4 members (excludes halogenated alkanes) is 37. The molecule has 10 heteroatoms. The molecule has 0 radical (unpaired) electrons. The highest BCUT2D eigenvalue weighted by molar-refractivity contribution is 7.45. The highest BCUT2D eigenvalue weighted by atomic mass is 31.2. The second-order valence-electron chi connectivity index (χ2n) is 21.9. The van der Waals surface area contributed by atoms with Crippen LogP contribution in [0.15, 0.2) is 24.3 Å². The molecule has 0 bridgehead atoms. The molecule has 0 saturated heterocycles. The van der Waals surface area contributed by atoms with Gasteiger partial charge in [-0.2, -0.15) is 0 Å². The number of rotatable bonds is 55. The van der Waals surface area contributed by atoms with Crippen molar-refractivity contribution in [3.05, 3.63) is 24.3 Å². The number of likely N-dealkylation sites (N-methyl/N-ethyl adjacent to an activating group) is 1. The van der Waals surface area contributed by atoms with Crippen LogP contribution in [0.3, 0.4) is 0 Å². The third-order valence-electron chi connectivity index (χ3n) is 13.6. The van der Waals surface area contributed by atoms with Gasteiger partial charge in [-0.15, -0.1) is 0 Å². The first-order valence-electron chi connectivity index (χ1n) is 30.1. The molecule has 0 aliphatic heterocycles. The molecule has 0 aromatic rings. The number of ether oxygens (including phenoxy) is 1. The number of nitrogens with one attached hydrogen (secondary N) is 1. The van der Waals surface area contributed by atoms with Gasteiger partial charge in [-0.3, -0.25) is 14.2 Å². The van der Waals surface area contributed by atoms with E-state index >= 15 is 0 Å². The van der Waals surface area contributed by atoms with Gasteiger partial charge in [0.2, 0.25) is 5.91 Å². The molecule has 0 heterocycles. The average Bonchev–Trinajstić information content (AvgIpc) is 3.32. The van der Waals surface area contributed by atoms with Crippen LogP contribution in [0.2, 0.25) is 0 Å². The number of esters is 1. The van der Waals surface area contributed by atoms with Gasteiger partial charge in [0.1, 0.15) is 19.3 Å². The zero-order valence-corrected chi connectivity index (χ0v) is 48.1. The molecule has 9 nitrogen and oxygen atoms in total. The Labute approximate surface area is 434 Å². The fourth-order valence-corrected chi connectivity index (χ4v) is 9.65. The quantitative estimate of drug-likeness (QED) is 0.0212. The lowest BCUT2D eigenvalue weighted by molar-refractivity contribution is -0.870. The number of phosphoric acid groups is 1. The Bertz CT molecular complexity index is 1250. The van der Waals surface area contributed by atoms with Gasteiger partial charge >= 0.3 is 5.97 Å². The van der Waals surface area contributed by atoms with Crippen LogP contribution in [-0.4, -0.2) is 69.4 Å². The van der Waals surface area contributed by atoms with Gasteiger partial charge in [0.25, 0.3) is 7.82 Å². The highest BCUT2D eigenvalue weighted by Gasteiger charge is 2.27. The number of amides is 1. The topological polar surface area (TPSA) is 114 Å². The standard InChI is InChI=1S/C60H117N2O7P/c1-7-10-13-16-19-22-25-27-28-29-30-31-32-33-34-35-38-41-44-47-50-53-60(64)69-58(51-48-45-42-39-37-26-23-20-17-14-11-8-2)57(56-68-70(65,66)67-55-54-62(4,5)6)61-59(63)52-49-46-43-40-36-24-21-18-15-12-9-3/h27-28,48,51,57-58H,7-26,29-47,49-50,52-56H2,1-6H3,(H-,61,63,65,66)/b28-27+,51-48+. The molecule has 1 amide bonds. The molecule has 1 N–H and O–H groups in total. The Hall–Kier alpha value is -1.51. The van der Waals surface area contributed by atoms with Gasteiger partial charge in [0.05, 0.1) is 33.8 Å². The summed E-state index contributed by atoms with van der Waals surface area (Å²) in [5, 5.41) is 3.02. The van der Waals surface area contributed by atoms with Crippen molar-refractivity contribution in [3.8, 4) is 0 Å². The maximum absolute atomic E-state index is 13.4. The molecule has 0 fully saturated rings. The van der Waals surface area contributed by atoms with Crippen molar-refractivity contribution in [2.75, 3.05) is 40.9 Å². The molecule has 0 rings (SSSR count). The molecule has 0 aliphatic carbocycles. The largest absolute Gasteiger partial charge is 0.756 e. The second kappa shape index (κ2) is 51.0. The summed E-state index contributed by atoms with van der Waals surface area (Å²) in [6, 6.07) is -0.881. The van der Waals surface area contributed by atoms with E-state index in [9.17, 15) is 19.0 Å². The van der Waals surface area contributed by atoms with Crippen molar-refractivity contribution in [3.63, 3.8) is 0 Å². The normalized spacial score (nSPS) is 13.9. The van der Waals surface area contributed by atoms with Gasteiger partial charge in [0, 0.05) is 12.8 Å². The smallest absolute Gasteiger partial charge is 0.306 e. The Kier molecular flexibility index (Phi) is 49.9. The molecule has 70 heavy (non-hydrogen) atoms. The average molecular weight is 1010 g/mol. The van der Waals surface area contributed by atoms with Crippen molar-refractivity contribution < 1.29 is 37.3 Å². The van der Waals surface area contributed by atoms with Crippen molar-refractivity contribution >= 4 is 19.7 Å². The highest BCUT2D eigenvalue weighted by Crippen LogP contribution is 2.38. The number of allylic oxidation sites excluding steroid dienone is 3. The van der Waals surface area contributed by atoms with Crippen LogP contribution in [0.1, 0.15) is 297 Å². The van der Waals surface area contributed by atoms with Crippen LogP contribution >= 0.6 is 7.82 Å². The second-order valence-corrected chi connectivity index (χ2v) is 23.3. The zero-order chi connectivity index (χ0) is 51.5. The number of hydrogen-bond acceptors (Lipinski definition) is 7. The molecule has 0 aromatic heterocycles. The van der Waals surface area contributed by atoms with Gasteiger partial charge < -0.3 is 28.5 Å². The monoisotopic (exact) mass is 1010 g/mol. The van der Waals surface area contributed by atoms with Gasteiger partial charge in [-0.1, -0.05) is 251 Å². The first-order chi connectivity index (χ1) is 33.9. The fraction of sp³-hybridized carbons (Fsp3) is 0.900. The van der Waals surface area contributed by atoms with Crippen molar-refractivity contribution in [2.24, 2.45) is 0 Å². The maximum Gasteiger partial charge on any atom is 0.306 e.